The molecule has 1 saturated heterocycles. The van der Waals surface area contributed by atoms with Gasteiger partial charge in [0.2, 0.25) is 0 Å². The van der Waals surface area contributed by atoms with Crippen LogP contribution >= 0.6 is 0 Å². The first-order valence-electron chi connectivity index (χ1n) is 4.86. The molecule has 2 rings (SSSR count). The summed E-state index contributed by atoms with van der Waals surface area (Å²) in [4.78, 5) is 12.5. The van der Waals surface area contributed by atoms with Crippen molar-refractivity contribution in [3.8, 4) is 5.75 Å². The van der Waals surface area contributed by atoms with E-state index in [-0.39, 0.29) is 0 Å². The summed E-state index contributed by atoms with van der Waals surface area (Å²) in [5.41, 5.74) is 1.03. The molecule has 0 spiro atoms. The smallest absolute Gasteiger partial charge is 0.298 e. The van der Waals surface area contributed by atoms with Gasteiger partial charge in [0.25, 0.3) is 6.47 Å². The van der Waals surface area contributed by atoms with Crippen LogP contribution in [0.3, 0.4) is 0 Å². The van der Waals surface area contributed by atoms with Crippen LogP contribution in [0.2, 0.25) is 0 Å². The van der Waals surface area contributed by atoms with E-state index >= 15 is 0 Å². The molecule has 1 aliphatic heterocycles. The lowest BCUT2D eigenvalue weighted by atomic mass is 10.2. The Labute approximate surface area is 83.3 Å². The highest BCUT2D eigenvalue weighted by Crippen LogP contribution is 2.29. The lowest BCUT2D eigenvalue weighted by molar-refractivity contribution is -0.120. The maximum atomic E-state index is 10.3. The van der Waals surface area contributed by atoms with Crippen molar-refractivity contribution in [1.29, 1.82) is 0 Å². The molecule has 0 amide bonds. The van der Waals surface area contributed by atoms with Gasteiger partial charge in [-0.2, -0.15) is 0 Å². The minimum absolute atomic E-state index is 0.481. The number of hydrogen-bond donors (Lipinski definition) is 0. The number of anilines is 1. The predicted octanol–water partition coefficient (Wildman–Crippen LogP) is 1.82. The highest BCUT2D eigenvalue weighted by Gasteiger charge is 2.15. The van der Waals surface area contributed by atoms with E-state index in [1.807, 2.05) is 24.3 Å². The highest BCUT2D eigenvalue weighted by molar-refractivity contribution is 5.62. The zero-order valence-electron chi connectivity index (χ0n) is 7.98. The Kier molecular flexibility index (Phi) is 2.68. The minimum atomic E-state index is 0.481. The first kappa shape index (κ1) is 9.06. The molecular formula is C11H13NO2. The Hall–Kier alpha value is -1.51. The fourth-order valence-corrected chi connectivity index (χ4v) is 1.83. The molecule has 0 bridgehead atoms. The summed E-state index contributed by atoms with van der Waals surface area (Å²) in [6, 6.07) is 7.65. The van der Waals surface area contributed by atoms with Crippen molar-refractivity contribution in [2.75, 3.05) is 18.0 Å². The normalized spacial score (nSPS) is 15.6. The SMILES string of the molecule is O=COc1ccccc1N1CCCC1. The van der Waals surface area contributed by atoms with E-state index in [9.17, 15) is 4.79 Å². The van der Waals surface area contributed by atoms with Crippen molar-refractivity contribution in [2.24, 2.45) is 0 Å². The van der Waals surface area contributed by atoms with E-state index in [0.29, 0.717) is 12.2 Å². The van der Waals surface area contributed by atoms with E-state index in [1.54, 1.807) is 0 Å². The van der Waals surface area contributed by atoms with Gasteiger partial charge in [0.15, 0.2) is 5.75 Å². The maximum absolute atomic E-state index is 10.3. The van der Waals surface area contributed by atoms with Crippen LogP contribution in [0.15, 0.2) is 24.3 Å². The minimum Gasteiger partial charge on any atom is -0.427 e. The Morgan fingerprint density at radius 3 is 2.64 bits per heavy atom. The number of ether oxygens (including phenoxy) is 1. The fraction of sp³-hybridized carbons (Fsp3) is 0.364. The quantitative estimate of drug-likeness (QED) is 0.682. The second-order valence-electron chi connectivity index (χ2n) is 3.38. The van der Waals surface area contributed by atoms with Gasteiger partial charge in [-0.1, -0.05) is 12.1 Å². The number of carbonyl (C=O) groups excluding carboxylic acids is 1. The van der Waals surface area contributed by atoms with E-state index < -0.39 is 0 Å². The van der Waals surface area contributed by atoms with Gasteiger partial charge in [-0.25, -0.2) is 0 Å². The van der Waals surface area contributed by atoms with Crippen LogP contribution < -0.4 is 9.64 Å². The monoisotopic (exact) mass is 191 g/mol. The van der Waals surface area contributed by atoms with Crippen molar-refractivity contribution >= 4 is 12.2 Å². The topological polar surface area (TPSA) is 29.5 Å². The van der Waals surface area contributed by atoms with Crippen LogP contribution in [0.1, 0.15) is 12.8 Å². The number of nitrogens with zero attached hydrogens (tertiary/aromatic N) is 1. The summed E-state index contributed by atoms with van der Waals surface area (Å²) >= 11 is 0. The van der Waals surface area contributed by atoms with Crippen molar-refractivity contribution in [1.82, 2.24) is 0 Å². The van der Waals surface area contributed by atoms with Gasteiger partial charge in [0, 0.05) is 13.1 Å². The zero-order chi connectivity index (χ0) is 9.80. The first-order chi connectivity index (χ1) is 6.92. The average molecular weight is 191 g/mol. The number of carbonyl (C=O) groups is 1. The number of rotatable bonds is 3. The molecule has 3 nitrogen and oxygen atoms in total. The fourth-order valence-electron chi connectivity index (χ4n) is 1.83. The van der Waals surface area contributed by atoms with Gasteiger partial charge < -0.3 is 9.64 Å². The predicted molar refractivity (Wildman–Crippen MR) is 54.6 cm³/mol. The molecular weight excluding hydrogens is 178 g/mol. The first-order valence-corrected chi connectivity index (χ1v) is 4.86. The largest absolute Gasteiger partial charge is 0.427 e. The molecule has 0 aliphatic carbocycles. The van der Waals surface area contributed by atoms with Crippen molar-refractivity contribution in [3.05, 3.63) is 24.3 Å². The molecule has 0 saturated carbocycles. The lowest BCUT2D eigenvalue weighted by Crippen LogP contribution is -2.18. The van der Waals surface area contributed by atoms with Crippen LogP contribution in [0.25, 0.3) is 0 Å². The molecule has 74 valence electrons. The number of benzene rings is 1. The summed E-state index contributed by atoms with van der Waals surface area (Å²) in [5, 5.41) is 0. The second-order valence-corrected chi connectivity index (χ2v) is 3.38. The van der Waals surface area contributed by atoms with Crippen molar-refractivity contribution < 1.29 is 9.53 Å². The van der Waals surface area contributed by atoms with Gasteiger partial charge in [-0.15, -0.1) is 0 Å². The van der Waals surface area contributed by atoms with Crippen molar-refractivity contribution in [3.63, 3.8) is 0 Å². The molecule has 1 heterocycles. The summed E-state index contributed by atoms with van der Waals surface area (Å²) in [6.07, 6.45) is 2.44. The van der Waals surface area contributed by atoms with Crippen LogP contribution in [-0.2, 0) is 4.79 Å². The second kappa shape index (κ2) is 4.13. The third-order valence-corrected chi connectivity index (χ3v) is 2.49. The summed E-state index contributed by atoms with van der Waals surface area (Å²) in [7, 11) is 0. The molecule has 0 atom stereocenters. The van der Waals surface area contributed by atoms with E-state index in [2.05, 4.69) is 4.90 Å². The standard InChI is InChI=1S/C11H13NO2/c13-9-14-11-6-2-1-5-10(11)12-7-3-4-8-12/h1-2,5-6,9H,3-4,7-8H2. The summed E-state index contributed by atoms with van der Waals surface area (Å²) in [6.45, 7) is 2.59. The van der Waals surface area contributed by atoms with E-state index in [4.69, 9.17) is 4.74 Å². The van der Waals surface area contributed by atoms with E-state index in [0.717, 1.165) is 18.8 Å². The molecule has 1 fully saturated rings. The van der Waals surface area contributed by atoms with Gasteiger partial charge in [0.1, 0.15) is 0 Å². The van der Waals surface area contributed by atoms with Crippen molar-refractivity contribution in [2.45, 2.75) is 12.8 Å². The van der Waals surface area contributed by atoms with Gasteiger partial charge in [-0.3, -0.25) is 4.79 Å². The molecule has 14 heavy (non-hydrogen) atoms. The third kappa shape index (κ3) is 1.71. The Morgan fingerprint density at radius 1 is 1.21 bits per heavy atom. The Morgan fingerprint density at radius 2 is 1.93 bits per heavy atom. The molecule has 1 aromatic carbocycles. The number of para-hydroxylation sites is 2. The molecule has 1 aliphatic rings. The zero-order valence-corrected chi connectivity index (χ0v) is 7.98. The Bertz CT molecular complexity index is 319. The molecule has 0 N–H and O–H groups in total. The molecule has 0 radical (unpaired) electrons. The molecule has 1 aromatic rings. The molecule has 0 unspecified atom stereocenters. The maximum Gasteiger partial charge on any atom is 0.298 e. The van der Waals surface area contributed by atoms with Crippen LogP contribution in [0.4, 0.5) is 5.69 Å². The van der Waals surface area contributed by atoms with Gasteiger partial charge >= 0.3 is 0 Å². The number of hydrogen-bond acceptors (Lipinski definition) is 3. The third-order valence-electron chi connectivity index (χ3n) is 2.49. The highest BCUT2D eigenvalue weighted by atomic mass is 16.5. The summed E-state index contributed by atoms with van der Waals surface area (Å²) < 4.78 is 4.93. The van der Waals surface area contributed by atoms with Gasteiger partial charge in [0.05, 0.1) is 5.69 Å². The van der Waals surface area contributed by atoms with Crippen LogP contribution in [0, 0.1) is 0 Å². The van der Waals surface area contributed by atoms with Gasteiger partial charge in [-0.05, 0) is 25.0 Å². The summed E-state index contributed by atoms with van der Waals surface area (Å²) in [5.74, 6) is 0.657. The lowest BCUT2D eigenvalue weighted by Gasteiger charge is -2.19. The van der Waals surface area contributed by atoms with E-state index in [1.165, 1.54) is 12.8 Å². The molecule has 0 aromatic heterocycles. The average Bonchev–Trinajstić information content (AvgIpc) is 2.72. The van der Waals surface area contributed by atoms with Crippen LogP contribution in [-0.4, -0.2) is 19.6 Å². The molecule has 3 heteroatoms. The Balaban J connectivity index is 2.25. The van der Waals surface area contributed by atoms with Crippen LogP contribution in [0.5, 0.6) is 5.75 Å².